The first kappa shape index (κ1) is 14.1. The van der Waals surface area contributed by atoms with Crippen LogP contribution in [0.2, 0.25) is 0 Å². The summed E-state index contributed by atoms with van der Waals surface area (Å²) in [5.41, 5.74) is 1.68. The summed E-state index contributed by atoms with van der Waals surface area (Å²) in [7, 11) is 0. The molecule has 3 aromatic heterocycles. The highest BCUT2D eigenvalue weighted by molar-refractivity contribution is 7.14. The van der Waals surface area contributed by atoms with Crippen molar-refractivity contribution in [3.8, 4) is 11.3 Å². The molecule has 3 rings (SSSR count). The quantitative estimate of drug-likeness (QED) is 0.684. The van der Waals surface area contributed by atoms with E-state index < -0.39 is 0 Å². The molecule has 0 aliphatic rings. The number of aromatic amines is 1. The minimum Gasteiger partial charge on any atom is -0.328 e. The number of H-pyrrole nitrogens is 1. The highest BCUT2D eigenvalue weighted by Crippen LogP contribution is 2.24. The molecule has 0 aliphatic heterocycles. The molecule has 22 heavy (non-hydrogen) atoms. The first-order chi connectivity index (χ1) is 10.7. The van der Waals surface area contributed by atoms with E-state index >= 15 is 0 Å². The normalized spacial score (nSPS) is 11.9. The molecule has 3 aromatic rings. The number of pyridine rings is 1. The van der Waals surface area contributed by atoms with Gasteiger partial charge in [-0.25, -0.2) is 14.8 Å². The van der Waals surface area contributed by atoms with Gasteiger partial charge in [0.25, 0.3) is 0 Å². The van der Waals surface area contributed by atoms with E-state index in [-0.39, 0.29) is 12.1 Å². The van der Waals surface area contributed by atoms with Crippen LogP contribution in [0.1, 0.15) is 18.8 Å². The van der Waals surface area contributed by atoms with Gasteiger partial charge in [0.1, 0.15) is 12.2 Å². The van der Waals surface area contributed by atoms with Crippen molar-refractivity contribution < 1.29 is 4.79 Å². The van der Waals surface area contributed by atoms with Crippen molar-refractivity contribution in [2.24, 2.45) is 0 Å². The number of carbonyl (C=O) groups is 1. The molecule has 3 heterocycles. The Morgan fingerprint density at radius 3 is 3.09 bits per heavy atom. The predicted molar refractivity (Wildman–Crippen MR) is 82.3 cm³/mol. The lowest BCUT2D eigenvalue weighted by atomic mass is 10.2. The van der Waals surface area contributed by atoms with Crippen molar-refractivity contribution in [3.63, 3.8) is 0 Å². The highest BCUT2D eigenvalue weighted by atomic mass is 32.1. The minimum atomic E-state index is -0.351. The van der Waals surface area contributed by atoms with E-state index in [2.05, 4.69) is 35.8 Å². The van der Waals surface area contributed by atoms with Gasteiger partial charge in [-0.1, -0.05) is 0 Å². The zero-order valence-electron chi connectivity index (χ0n) is 11.6. The summed E-state index contributed by atoms with van der Waals surface area (Å²) in [6.45, 7) is 1.81. The summed E-state index contributed by atoms with van der Waals surface area (Å²) in [4.78, 5) is 24.3. The van der Waals surface area contributed by atoms with E-state index in [1.165, 1.54) is 17.7 Å². The van der Waals surface area contributed by atoms with Crippen LogP contribution in [0.15, 0.2) is 36.2 Å². The van der Waals surface area contributed by atoms with Crippen LogP contribution < -0.4 is 10.6 Å². The summed E-state index contributed by atoms with van der Waals surface area (Å²) in [6.07, 6.45) is 4.82. The summed E-state index contributed by atoms with van der Waals surface area (Å²) in [5, 5.41) is 14.3. The second-order valence-electron chi connectivity index (χ2n) is 4.47. The van der Waals surface area contributed by atoms with Crippen LogP contribution in [0.25, 0.3) is 11.3 Å². The van der Waals surface area contributed by atoms with Crippen molar-refractivity contribution in [2.75, 3.05) is 5.32 Å². The molecule has 3 N–H and O–H groups in total. The maximum absolute atomic E-state index is 11.9. The lowest BCUT2D eigenvalue weighted by Crippen LogP contribution is -2.31. The first-order valence-corrected chi connectivity index (χ1v) is 7.39. The van der Waals surface area contributed by atoms with Crippen LogP contribution >= 0.6 is 11.3 Å². The second kappa shape index (κ2) is 6.31. The van der Waals surface area contributed by atoms with Crippen LogP contribution in [-0.2, 0) is 0 Å². The van der Waals surface area contributed by atoms with Crippen LogP contribution in [0.5, 0.6) is 0 Å². The topological polar surface area (TPSA) is 108 Å². The van der Waals surface area contributed by atoms with Gasteiger partial charge in [0.2, 0.25) is 0 Å². The average Bonchev–Trinajstić information content (AvgIpc) is 3.19. The molecule has 2 amide bonds. The molecule has 0 unspecified atom stereocenters. The van der Waals surface area contributed by atoms with E-state index in [1.807, 2.05) is 24.4 Å². The Morgan fingerprint density at radius 1 is 1.45 bits per heavy atom. The maximum Gasteiger partial charge on any atom is 0.321 e. The third-order valence-corrected chi connectivity index (χ3v) is 3.63. The Hall–Kier alpha value is -2.81. The zero-order chi connectivity index (χ0) is 15.4. The Kier molecular flexibility index (Phi) is 4.05. The molecular weight excluding hydrogens is 302 g/mol. The third kappa shape index (κ3) is 3.26. The van der Waals surface area contributed by atoms with Gasteiger partial charge in [0.05, 0.1) is 11.7 Å². The van der Waals surface area contributed by atoms with Crippen LogP contribution in [0.4, 0.5) is 9.93 Å². The number of anilines is 1. The number of hydrogen-bond donors (Lipinski definition) is 3. The van der Waals surface area contributed by atoms with Gasteiger partial charge in [-0.3, -0.25) is 15.4 Å². The Balaban J connectivity index is 1.62. The molecule has 1 atom stereocenters. The van der Waals surface area contributed by atoms with E-state index in [9.17, 15) is 4.79 Å². The molecule has 112 valence electrons. The van der Waals surface area contributed by atoms with Crippen molar-refractivity contribution in [3.05, 3.63) is 42.1 Å². The summed E-state index contributed by atoms with van der Waals surface area (Å²) < 4.78 is 0. The summed E-state index contributed by atoms with van der Waals surface area (Å²) >= 11 is 1.35. The molecule has 0 radical (unpaired) electrons. The van der Waals surface area contributed by atoms with Gasteiger partial charge >= 0.3 is 6.03 Å². The zero-order valence-corrected chi connectivity index (χ0v) is 12.5. The maximum atomic E-state index is 11.9. The number of rotatable bonds is 4. The van der Waals surface area contributed by atoms with Gasteiger partial charge in [-0.15, -0.1) is 11.3 Å². The van der Waals surface area contributed by atoms with Gasteiger partial charge in [-0.2, -0.15) is 5.10 Å². The van der Waals surface area contributed by atoms with Crippen LogP contribution in [0, 0.1) is 0 Å². The standard InChI is InChI=1S/C13H13N7OS/c1-8(11-15-7-16-20-11)17-12(21)19-13-18-10(6-22-13)9-3-2-4-14-5-9/h2-8H,1H3,(H,15,16,20)(H2,17,18,19,21)/t8-/m1/s1. The van der Waals surface area contributed by atoms with Crippen LogP contribution in [0.3, 0.4) is 0 Å². The lowest BCUT2D eigenvalue weighted by molar-refractivity contribution is 0.249. The van der Waals surface area contributed by atoms with E-state index in [0.717, 1.165) is 11.3 Å². The van der Waals surface area contributed by atoms with Crippen molar-refractivity contribution in [1.29, 1.82) is 0 Å². The largest absolute Gasteiger partial charge is 0.328 e. The number of amides is 2. The number of hydrogen-bond acceptors (Lipinski definition) is 6. The van der Waals surface area contributed by atoms with Crippen LogP contribution in [-0.4, -0.2) is 31.2 Å². The number of aromatic nitrogens is 5. The van der Waals surface area contributed by atoms with Crippen molar-refractivity contribution in [2.45, 2.75) is 13.0 Å². The number of nitrogens with zero attached hydrogens (tertiary/aromatic N) is 4. The Bertz CT molecular complexity index is 741. The van der Waals surface area contributed by atoms with E-state index in [4.69, 9.17) is 0 Å². The van der Waals surface area contributed by atoms with Gasteiger partial charge in [0, 0.05) is 23.3 Å². The first-order valence-electron chi connectivity index (χ1n) is 6.51. The summed E-state index contributed by atoms with van der Waals surface area (Å²) in [6, 6.07) is 3.13. The fourth-order valence-corrected chi connectivity index (χ4v) is 2.51. The Labute approximate surface area is 130 Å². The van der Waals surface area contributed by atoms with Crippen molar-refractivity contribution >= 4 is 22.5 Å². The molecule has 9 heteroatoms. The number of nitrogens with one attached hydrogen (secondary N) is 3. The number of carbonyl (C=O) groups excluding carboxylic acids is 1. The van der Waals surface area contributed by atoms with Gasteiger partial charge in [-0.05, 0) is 19.1 Å². The molecular formula is C13H13N7OS. The van der Waals surface area contributed by atoms with Gasteiger partial charge in [0.15, 0.2) is 5.13 Å². The fourth-order valence-electron chi connectivity index (χ4n) is 1.80. The minimum absolute atomic E-state index is 0.278. The summed E-state index contributed by atoms with van der Waals surface area (Å²) in [5.74, 6) is 0.588. The molecule has 8 nitrogen and oxygen atoms in total. The SMILES string of the molecule is C[C@@H](NC(=O)Nc1nc(-c2cccnc2)cs1)c1ncn[nH]1. The second-order valence-corrected chi connectivity index (χ2v) is 5.33. The van der Waals surface area contributed by atoms with E-state index in [1.54, 1.807) is 12.4 Å². The van der Waals surface area contributed by atoms with Gasteiger partial charge < -0.3 is 5.32 Å². The lowest BCUT2D eigenvalue weighted by Gasteiger charge is -2.10. The molecule has 0 spiro atoms. The molecule has 0 aliphatic carbocycles. The number of thiazole rings is 1. The molecule has 0 bridgehead atoms. The molecule has 0 aromatic carbocycles. The van der Waals surface area contributed by atoms with Crippen molar-refractivity contribution in [1.82, 2.24) is 30.5 Å². The Morgan fingerprint density at radius 2 is 2.36 bits per heavy atom. The smallest absolute Gasteiger partial charge is 0.321 e. The monoisotopic (exact) mass is 315 g/mol. The molecule has 0 saturated carbocycles. The number of urea groups is 1. The van der Waals surface area contributed by atoms with E-state index in [0.29, 0.717) is 11.0 Å². The third-order valence-electron chi connectivity index (χ3n) is 2.87. The molecule has 0 saturated heterocycles. The predicted octanol–water partition coefficient (Wildman–Crippen LogP) is 2.21. The molecule has 0 fully saturated rings. The fraction of sp³-hybridized carbons (Fsp3) is 0.154. The average molecular weight is 315 g/mol. The highest BCUT2D eigenvalue weighted by Gasteiger charge is 2.13.